The molecule has 1 aromatic rings. The molecule has 0 saturated heterocycles. The molecule has 1 aromatic carbocycles. The summed E-state index contributed by atoms with van der Waals surface area (Å²) in [4.78, 5) is 22.2. The summed E-state index contributed by atoms with van der Waals surface area (Å²) in [6.45, 7) is 1.65. The van der Waals surface area contributed by atoms with E-state index in [0.717, 1.165) is 13.2 Å². The Labute approximate surface area is 106 Å². The van der Waals surface area contributed by atoms with E-state index in [0.29, 0.717) is 5.69 Å². The summed E-state index contributed by atoms with van der Waals surface area (Å²) in [6.07, 6.45) is 0. The molecule has 1 unspecified atom stereocenters. The van der Waals surface area contributed by atoms with Crippen LogP contribution in [0.4, 0.5) is 10.1 Å². The number of rotatable bonds is 3. The van der Waals surface area contributed by atoms with Crippen molar-refractivity contribution >= 4 is 33.5 Å². The first-order valence-electron chi connectivity index (χ1n) is 4.78. The van der Waals surface area contributed by atoms with Crippen molar-refractivity contribution in [3.8, 4) is 0 Å². The van der Waals surface area contributed by atoms with Gasteiger partial charge >= 0.3 is 5.97 Å². The highest BCUT2D eigenvalue weighted by Crippen LogP contribution is 2.16. The average Bonchev–Trinajstić information content (AvgIpc) is 2.30. The molecule has 0 aliphatic rings. The monoisotopic (exact) mass is 303 g/mol. The summed E-state index contributed by atoms with van der Waals surface area (Å²) in [5, 5.41) is 2.53. The Morgan fingerprint density at radius 3 is 2.65 bits per heavy atom. The van der Waals surface area contributed by atoms with Crippen molar-refractivity contribution in [3.63, 3.8) is 0 Å². The van der Waals surface area contributed by atoms with Crippen molar-refractivity contribution in [1.82, 2.24) is 0 Å². The Balaban J connectivity index is 2.97. The number of ether oxygens (including phenoxy) is 1. The molecule has 0 bridgehead atoms. The fraction of sp³-hybridized carbons (Fsp3) is 0.273. The van der Waals surface area contributed by atoms with Gasteiger partial charge in [0.05, 0.1) is 17.5 Å². The van der Waals surface area contributed by atoms with E-state index in [1.54, 1.807) is 6.92 Å². The van der Waals surface area contributed by atoms with Gasteiger partial charge in [0.2, 0.25) is 5.91 Å². The molecule has 92 valence electrons. The minimum absolute atomic E-state index is 0.215. The summed E-state index contributed by atoms with van der Waals surface area (Å²) >= 11 is 3.10. The van der Waals surface area contributed by atoms with Crippen molar-refractivity contribution in [1.29, 1.82) is 0 Å². The van der Waals surface area contributed by atoms with Gasteiger partial charge in [-0.1, -0.05) is 15.9 Å². The Morgan fingerprint density at radius 1 is 1.47 bits per heavy atom. The first kappa shape index (κ1) is 13.6. The van der Waals surface area contributed by atoms with Crippen molar-refractivity contribution in [2.75, 3.05) is 12.4 Å². The minimum atomic E-state index is -0.787. The zero-order valence-corrected chi connectivity index (χ0v) is 10.9. The van der Waals surface area contributed by atoms with Crippen LogP contribution >= 0.6 is 15.9 Å². The van der Waals surface area contributed by atoms with E-state index in [2.05, 4.69) is 26.0 Å². The number of benzene rings is 1. The minimum Gasteiger partial charge on any atom is -0.465 e. The van der Waals surface area contributed by atoms with Gasteiger partial charge in [-0.15, -0.1) is 0 Å². The second-order valence-corrected chi connectivity index (χ2v) is 4.66. The zero-order valence-electron chi connectivity index (χ0n) is 9.29. The summed E-state index contributed by atoms with van der Waals surface area (Å²) < 4.78 is 17.7. The van der Waals surface area contributed by atoms with Crippen LogP contribution in [0.15, 0.2) is 18.2 Å². The number of carbonyl (C=O) groups excluding carboxylic acids is 2. The lowest BCUT2D eigenvalue weighted by molar-refractivity contribution is -0.115. The third kappa shape index (κ3) is 3.52. The lowest BCUT2D eigenvalue weighted by Gasteiger charge is -2.08. The van der Waals surface area contributed by atoms with Crippen LogP contribution in [0.2, 0.25) is 0 Å². The molecule has 0 fully saturated rings. The van der Waals surface area contributed by atoms with Gasteiger partial charge in [-0.3, -0.25) is 4.79 Å². The number of alkyl halides is 1. The fourth-order valence-corrected chi connectivity index (χ4v) is 1.23. The Kier molecular flexibility index (Phi) is 4.62. The molecular weight excluding hydrogens is 293 g/mol. The molecule has 1 amide bonds. The molecule has 17 heavy (non-hydrogen) atoms. The second-order valence-electron chi connectivity index (χ2n) is 3.29. The second kappa shape index (κ2) is 5.77. The number of anilines is 1. The third-order valence-electron chi connectivity index (χ3n) is 2.00. The van der Waals surface area contributed by atoms with Crippen LogP contribution in [0.25, 0.3) is 0 Å². The molecule has 0 aliphatic heterocycles. The van der Waals surface area contributed by atoms with Gasteiger partial charge in [0, 0.05) is 5.69 Å². The van der Waals surface area contributed by atoms with Gasteiger partial charge in [0.15, 0.2) is 0 Å². The number of amides is 1. The van der Waals surface area contributed by atoms with E-state index in [-0.39, 0.29) is 16.3 Å². The molecule has 1 N–H and O–H groups in total. The molecule has 4 nitrogen and oxygen atoms in total. The van der Waals surface area contributed by atoms with Gasteiger partial charge in [-0.25, -0.2) is 9.18 Å². The highest BCUT2D eigenvalue weighted by molar-refractivity contribution is 9.10. The summed E-state index contributed by atoms with van der Waals surface area (Å²) in [5.41, 5.74) is 0.121. The molecule has 0 spiro atoms. The van der Waals surface area contributed by atoms with Crippen molar-refractivity contribution in [3.05, 3.63) is 29.6 Å². The maximum atomic E-state index is 13.3. The molecular formula is C11H11BrFNO3. The average molecular weight is 304 g/mol. The predicted octanol–water partition coefficient (Wildman–Crippen LogP) is 2.33. The first-order valence-corrected chi connectivity index (χ1v) is 5.70. The van der Waals surface area contributed by atoms with Crippen LogP contribution in [0.5, 0.6) is 0 Å². The van der Waals surface area contributed by atoms with Crippen LogP contribution in [0.3, 0.4) is 0 Å². The first-order chi connectivity index (χ1) is 7.95. The third-order valence-corrected chi connectivity index (χ3v) is 2.42. The summed E-state index contributed by atoms with van der Waals surface area (Å²) in [7, 11) is 1.16. The molecule has 0 aromatic heterocycles. The molecule has 0 aliphatic carbocycles. The van der Waals surface area contributed by atoms with Crippen molar-refractivity contribution < 1.29 is 18.7 Å². The quantitative estimate of drug-likeness (QED) is 0.689. The predicted molar refractivity (Wildman–Crippen MR) is 64.8 cm³/mol. The topological polar surface area (TPSA) is 55.4 Å². The van der Waals surface area contributed by atoms with E-state index in [1.165, 1.54) is 12.1 Å². The zero-order chi connectivity index (χ0) is 13.0. The lowest BCUT2D eigenvalue weighted by Crippen LogP contribution is -2.20. The van der Waals surface area contributed by atoms with E-state index < -0.39 is 11.8 Å². The molecule has 0 heterocycles. The van der Waals surface area contributed by atoms with Crippen LogP contribution in [-0.2, 0) is 9.53 Å². The molecule has 1 rings (SSSR count). The number of halogens is 2. The standard InChI is InChI=1S/C11H11BrFNO3/c1-6(12)10(15)14-7-3-4-9(13)8(5-7)11(16)17-2/h3-6H,1-2H3,(H,14,15). The number of esters is 1. The maximum Gasteiger partial charge on any atom is 0.340 e. The summed E-state index contributed by atoms with van der Waals surface area (Å²) in [6, 6.07) is 3.70. The molecule has 1 atom stereocenters. The van der Waals surface area contributed by atoms with Gasteiger partial charge in [0.1, 0.15) is 5.82 Å². The van der Waals surface area contributed by atoms with Crippen molar-refractivity contribution in [2.45, 2.75) is 11.8 Å². The highest BCUT2D eigenvalue weighted by atomic mass is 79.9. The maximum absolute atomic E-state index is 13.3. The van der Waals surface area contributed by atoms with E-state index in [4.69, 9.17) is 0 Å². The Morgan fingerprint density at radius 2 is 2.12 bits per heavy atom. The Hall–Kier alpha value is -1.43. The highest BCUT2D eigenvalue weighted by Gasteiger charge is 2.14. The van der Waals surface area contributed by atoms with E-state index in [9.17, 15) is 14.0 Å². The smallest absolute Gasteiger partial charge is 0.340 e. The van der Waals surface area contributed by atoms with Gasteiger partial charge in [-0.2, -0.15) is 0 Å². The fourth-order valence-electron chi connectivity index (χ4n) is 1.11. The number of methoxy groups -OCH3 is 1. The number of nitrogens with one attached hydrogen (secondary N) is 1. The van der Waals surface area contributed by atoms with Crippen LogP contribution in [0.1, 0.15) is 17.3 Å². The van der Waals surface area contributed by atoms with Crippen molar-refractivity contribution in [2.24, 2.45) is 0 Å². The van der Waals surface area contributed by atoms with Gasteiger partial charge in [-0.05, 0) is 25.1 Å². The Bertz CT molecular complexity index is 448. The number of carbonyl (C=O) groups is 2. The van der Waals surface area contributed by atoms with Gasteiger partial charge in [0.25, 0.3) is 0 Å². The largest absolute Gasteiger partial charge is 0.465 e. The normalized spacial score (nSPS) is 11.8. The van der Waals surface area contributed by atoms with Crippen LogP contribution in [0, 0.1) is 5.82 Å². The van der Waals surface area contributed by atoms with E-state index in [1.807, 2.05) is 0 Å². The molecule has 6 heteroatoms. The van der Waals surface area contributed by atoms with Gasteiger partial charge < -0.3 is 10.1 Å². The number of hydrogen-bond acceptors (Lipinski definition) is 3. The lowest BCUT2D eigenvalue weighted by atomic mass is 10.2. The van der Waals surface area contributed by atoms with E-state index >= 15 is 0 Å². The van der Waals surface area contributed by atoms with Crippen LogP contribution < -0.4 is 5.32 Å². The van der Waals surface area contributed by atoms with Crippen LogP contribution in [-0.4, -0.2) is 23.8 Å². The summed E-state index contributed by atoms with van der Waals surface area (Å²) in [5.74, 6) is -1.76. The molecule has 0 saturated carbocycles. The SMILES string of the molecule is COC(=O)c1cc(NC(=O)C(C)Br)ccc1F. The number of hydrogen-bond donors (Lipinski definition) is 1. The molecule has 0 radical (unpaired) electrons.